The third-order valence-corrected chi connectivity index (χ3v) is 4.14. The van der Waals surface area contributed by atoms with Crippen LogP contribution in [0.15, 0.2) is 48.5 Å². The number of carbonyl (C=O) groups excluding carboxylic acids is 2. The number of esters is 1. The largest absolute Gasteiger partial charge is 0.452 e. The Morgan fingerprint density at radius 3 is 2.71 bits per heavy atom. The minimum atomic E-state index is -0.549. The predicted molar refractivity (Wildman–Crippen MR) is 94.6 cm³/mol. The quantitative estimate of drug-likeness (QED) is 0.454. The Bertz CT molecular complexity index is 694. The number of amides is 1. The molecule has 0 aliphatic rings. The number of hydrogen-bond acceptors (Lipinski definition) is 5. The van der Waals surface area contributed by atoms with Crippen LogP contribution < -0.4 is 5.32 Å². The molecule has 1 amide bonds. The zero-order valence-corrected chi connectivity index (χ0v) is 14.2. The Kier molecular flexibility index (Phi) is 7.20. The fraction of sp³-hybridized carbons (Fsp3) is 0.222. The van der Waals surface area contributed by atoms with Gasteiger partial charge in [0, 0.05) is 29.5 Å². The molecule has 0 aliphatic heterocycles. The molecular weight excluding hydrogens is 326 g/mol. The molecule has 1 aromatic carbocycles. The van der Waals surface area contributed by atoms with Crippen LogP contribution in [0.1, 0.15) is 4.88 Å². The summed E-state index contributed by atoms with van der Waals surface area (Å²) >= 11 is 1.58. The summed E-state index contributed by atoms with van der Waals surface area (Å²) in [5.74, 6) is -0.900. The normalized spacial score (nSPS) is 10.7. The zero-order chi connectivity index (χ0) is 17.2. The zero-order valence-electron chi connectivity index (χ0n) is 13.4. The Balaban J connectivity index is 1.80. The number of nitrogens with one attached hydrogen (secondary N) is 1. The van der Waals surface area contributed by atoms with Crippen LogP contribution in [0.4, 0.5) is 0 Å². The number of methoxy groups -OCH3 is 1. The molecule has 1 N–H and O–H groups in total. The van der Waals surface area contributed by atoms with Crippen molar-refractivity contribution in [3.8, 4) is 10.4 Å². The highest BCUT2D eigenvalue weighted by atomic mass is 32.1. The molecule has 126 valence electrons. The molecule has 0 fully saturated rings. The highest BCUT2D eigenvalue weighted by molar-refractivity contribution is 7.16. The van der Waals surface area contributed by atoms with Gasteiger partial charge in [0.15, 0.2) is 6.61 Å². The van der Waals surface area contributed by atoms with Gasteiger partial charge >= 0.3 is 5.97 Å². The number of thiophene rings is 1. The molecule has 0 radical (unpaired) electrons. The van der Waals surface area contributed by atoms with Crippen molar-refractivity contribution in [2.75, 3.05) is 26.9 Å². The van der Waals surface area contributed by atoms with E-state index in [1.165, 1.54) is 6.08 Å². The Morgan fingerprint density at radius 2 is 1.96 bits per heavy atom. The van der Waals surface area contributed by atoms with E-state index in [2.05, 4.69) is 5.32 Å². The summed E-state index contributed by atoms with van der Waals surface area (Å²) in [6.07, 6.45) is 3.01. The van der Waals surface area contributed by atoms with Crippen LogP contribution >= 0.6 is 11.3 Å². The molecule has 0 saturated carbocycles. The Labute approximate surface area is 144 Å². The van der Waals surface area contributed by atoms with Crippen molar-refractivity contribution in [1.29, 1.82) is 0 Å². The number of rotatable bonds is 8. The van der Waals surface area contributed by atoms with Gasteiger partial charge in [0.1, 0.15) is 0 Å². The summed E-state index contributed by atoms with van der Waals surface area (Å²) in [7, 11) is 1.55. The number of benzene rings is 1. The molecule has 0 spiro atoms. The van der Waals surface area contributed by atoms with E-state index in [9.17, 15) is 9.59 Å². The van der Waals surface area contributed by atoms with Gasteiger partial charge in [0.2, 0.25) is 0 Å². The second-order valence-corrected chi connectivity index (χ2v) is 5.97. The predicted octanol–water partition coefficient (Wildman–Crippen LogP) is 2.73. The third kappa shape index (κ3) is 5.98. The summed E-state index contributed by atoms with van der Waals surface area (Å²) < 4.78 is 9.68. The summed E-state index contributed by atoms with van der Waals surface area (Å²) in [5, 5.41) is 2.57. The first-order valence-electron chi connectivity index (χ1n) is 7.45. The molecule has 24 heavy (non-hydrogen) atoms. The van der Waals surface area contributed by atoms with Gasteiger partial charge in [-0.25, -0.2) is 4.79 Å². The summed E-state index contributed by atoms with van der Waals surface area (Å²) in [6.45, 7) is 0.508. The second kappa shape index (κ2) is 9.64. The van der Waals surface area contributed by atoms with Crippen LogP contribution in [0.2, 0.25) is 0 Å². The molecule has 6 heteroatoms. The van der Waals surface area contributed by atoms with Gasteiger partial charge in [-0.05, 0) is 23.8 Å². The van der Waals surface area contributed by atoms with Gasteiger partial charge in [-0.15, -0.1) is 11.3 Å². The molecule has 1 heterocycles. The maximum Gasteiger partial charge on any atom is 0.331 e. The van der Waals surface area contributed by atoms with Crippen LogP contribution in [0.25, 0.3) is 16.5 Å². The van der Waals surface area contributed by atoms with Crippen LogP contribution in [0.3, 0.4) is 0 Å². The molecule has 0 saturated heterocycles. The fourth-order valence-electron chi connectivity index (χ4n) is 1.88. The van der Waals surface area contributed by atoms with E-state index < -0.39 is 5.97 Å². The molecule has 2 aromatic rings. The molecule has 1 aromatic heterocycles. The molecule has 0 aliphatic carbocycles. The first-order chi connectivity index (χ1) is 11.7. The molecule has 2 rings (SSSR count). The minimum Gasteiger partial charge on any atom is -0.452 e. The van der Waals surface area contributed by atoms with Gasteiger partial charge < -0.3 is 14.8 Å². The van der Waals surface area contributed by atoms with Crippen molar-refractivity contribution in [1.82, 2.24) is 5.32 Å². The van der Waals surface area contributed by atoms with E-state index >= 15 is 0 Å². The minimum absolute atomic E-state index is 0.299. The SMILES string of the molecule is COCCNC(=O)COC(=O)/C=C/c1ccc(-c2ccccc2)s1. The van der Waals surface area contributed by atoms with Gasteiger partial charge in [-0.2, -0.15) is 0 Å². The van der Waals surface area contributed by atoms with Crippen LogP contribution in [0.5, 0.6) is 0 Å². The van der Waals surface area contributed by atoms with Crippen molar-refractivity contribution >= 4 is 29.3 Å². The van der Waals surface area contributed by atoms with Crippen molar-refractivity contribution in [2.24, 2.45) is 0 Å². The Hall–Kier alpha value is -2.44. The van der Waals surface area contributed by atoms with Gasteiger partial charge in [0.05, 0.1) is 6.61 Å². The number of hydrogen-bond donors (Lipinski definition) is 1. The highest BCUT2D eigenvalue weighted by Gasteiger charge is 2.05. The van der Waals surface area contributed by atoms with Crippen molar-refractivity contribution in [2.45, 2.75) is 0 Å². The summed E-state index contributed by atoms with van der Waals surface area (Å²) in [4.78, 5) is 25.1. The van der Waals surface area contributed by atoms with Crippen molar-refractivity contribution in [3.63, 3.8) is 0 Å². The smallest absolute Gasteiger partial charge is 0.331 e. The van der Waals surface area contributed by atoms with Crippen LogP contribution in [0, 0.1) is 0 Å². The van der Waals surface area contributed by atoms with E-state index in [1.54, 1.807) is 24.5 Å². The van der Waals surface area contributed by atoms with Crippen LogP contribution in [-0.4, -0.2) is 38.7 Å². The molecular formula is C18H19NO4S. The topological polar surface area (TPSA) is 64.6 Å². The monoisotopic (exact) mass is 345 g/mol. The highest BCUT2D eigenvalue weighted by Crippen LogP contribution is 2.28. The molecule has 0 bridgehead atoms. The number of carbonyl (C=O) groups is 2. The summed E-state index contributed by atoms with van der Waals surface area (Å²) in [5.41, 5.74) is 1.14. The fourth-order valence-corrected chi connectivity index (χ4v) is 2.79. The van der Waals surface area contributed by atoms with Gasteiger partial charge in [-0.1, -0.05) is 30.3 Å². The lowest BCUT2D eigenvalue weighted by molar-refractivity contribution is -0.143. The van der Waals surface area contributed by atoms with E-state index in [-0.39, 0.29) is 12.5 Å². The maximum absolute atomic E-state index is 11.6. The van der Waals surface area contributed by atoms with Gasteiger partial charge in [0.25, 0.3) is 5.91 Å². The first-order valence-corrected chi connectivity index (χ1v) is 8.26. The van der Waals surface area contributed by atoms with E-state index in [1.807, 2.05) is 42.5 Å². The standard InChI is InChI=1S/C18H19NO4S/c1-22-12-11-19-17(20)13-23-18(21)10-8-15-7-9-16(24-15)14-5-3-2-4-6-14/h2-10H,11-13H2,1H3,(H,19,20)/b10-8+. The van der Waals surface area contributed by atoms with E-state index in [4.69, 9.17) is 9.47 Å². The summed E-state index contributed by atoms with van der Waals surface area (Å²) in [6, 6.07) is 14.0. The maximum atomic E-state index is 11.6. The van der Waals surface area contributed by atoms with Crippen LogP contribution in [-0.2, 0) is 19.1 Å². The number of ether oxygens (including phenoxy) is 2. The van der Waals surface area contributed by atoms with E-state index in [0.717, 1.165) is 15.3 Å². The van der Waals surface area contributed by atoms with Crippen molar-refractivity contribution in [3.05, 3.63) is 53.4 Å². The van der Waals surface area contributed by atoms with Gasteiger partial charge in [-0.3, -0.25) is 4.79 Å². The Morgan fingerprint density at radius 1 is 1.17 bits per heavy atom. The second-order valence-electron chi connectivity index (χ2n) is 4.85. The molecule has 5 nitrogen and oxygen atoms in total. The third-order valence-electron chi connectivity index (χ3n) is 3.04. The van der Waals surface area contributed by atoms with E-state index in [0.29, 0.717) is 13.2 Å². The first kappa shape index (κ1) is 17.9. The lowest BCUT2D eigenvalue weighted by Gasteiger charge is -2.04. The van der Waals surface area contributed by atoms with Crippen molar-refractivity contribution < 1.29 is 19.1 Å². The lowest BCUT2D eigenvalue weighted by Crippen LogP contribution is -2.31. The lowest BCUT2D eigenvalue weighted by atomic mass is 10.2. The molecule has 0 atom stereocenters. The molecule has 0 unspecified atom stereocenters. The average molecular weight is 345 g/mol. The average Bonchev–Trinajstić information content (AvgIpc) is 3.08.